The van der Waals surface area contributed by atoms with E-state index in [0.29, 0.717) is 36.2 Å². The van der Waals surface area contributed by atoms with Gasteiger partial charge in [0.1, 0.15) is 11.5 Å². The molecule has 27 heavy (non-hydrogen) atoms. The molecule has 1 N–H and O–H groups in total. The van der Waals surface area contributed by atoms with Crippen molar-refractivity contribution in [2.45, 2.75) is 45.1 Å². The molecule has 0 saturated heterocycles. The Morgan fingerprint density at radius 2 is 2.04 bits per heavy atom. The number of benzene rings is 1. The number of aromatic nitrogens is 2. The summed E-state index contributed by atoms with van der Waals surface area (Å²) in [5.41, 5.74) is 1.89. The second-order valence-electron chi connectivity index (χ2n) is 7.27. The van der Waals surface area contributed by atoms with Gasteiger partial charge < -0.3 is 15.1 Å². The van der Waals surface area contributed by atoms with Gasteiger partial charge in [-0.25, -0.2) is 9.37 Å². The molecule has 0 radical (unpaired) electrons. The van der Waals surface area contributed by atoms with Gasteiger partial charge in [0, 0.05) is 37.3 Å². The molecule has 2 aromatic rings. The number of carbonyl (C=O) groups is 1. The lowest BCUT2D eigenvalue weighted by molar-refractivity contribution is -0.118. The smallest absolute Gasteiger partial charge is 0.229 e. The lowest BCUT2D eigenvalue weighted by Gasteiger charge is -2.30. The number of nitrogens with zero attached hydrogens (tertiary/aromatic N) is 4. The standard InChI is InChI=1S/C20H24FN5O/c1-13-15(21)8-5-9-16(13)23-20-22-12-17-19(24-20)26(14-6-3-4-7-14)11-10-18(27)25(17)2/h5,8-9,12,14H,3-4,6-7,10-11H2,1-2H3,(H,22,23,24). The van der Waals surface area contributed by atoms with Crippen LogP contribution in [-0.4, -0.2) is 35.5 Å². The predicted molar refractivity (Wildman–Crippen MR) is 104 cm³/mol. The summed E-state index contributed by atoms with van der Waals surface area (Å²) < 4.78 is 13.8. The second kappa shape index (κ2) is 7.13. The van der Waals surface area contributed by atoms with Gasteiger partial charge in [-0.3, -0.25) is 4.79 Å². The van der Waals surface area contributed by atoms with E-state index in [1.807, 2.05) is 0 Å². The fourth-order valence-corrected chi connectivity index (χ4v) is 3.93. The first-order chi connectivity index (χ1) is 13.0. The summed E-state index contributed by atoms with van der Waals surface area (Å²) in [7, 11) is 1.77. The molecule has 1 aromatic carbocycles. The van der Waals surface area contributed by atoms with E-state index in [4.69, 9.17) is 4.98 Å². The zero-order valence-corrected chi connectivity index (χ0v) is 15.7. The number of rotatable bonds is 3. The van der Waals surface area contributed by atoms with Crippen molar-refractivity contribution >= 4 is 29.0 Å². The number of fused-ring (bicyclic) bond motifs is 1. The van der Waals surface area contributed by atoms with Gasteiger partial charge in [0.25, 0.3) is 0 Å². The van der Waals surface area contributed by atoms with Crippen LogP contribution in [0.15, 0.2) is 24.4 Å². The lowest BCUT2D eigenvalue weighted by atomic mass is 10.2. The van der Waals surface area contributed by atoms with E-state index in [9.17, 15) is 9.18 Å². The van der Waals surface area contributed by atoms with Crippen LogP contribution in [0, 0.1) is 12.7 Å². The van der Waals surface area contributed by atoms with Crippen LogP contribution in [0.2, 0.25) is 0 Å². The molecule has 1 aromatic heterocycles. The summed E-state index contributed by atoms with van der Waals surface area (Å²) in [6.07, 6.45) is 6.80. The Bertz CT molecular complexity index is 865. The first-order valence-electron chi connectivity index (χ1n) is 9.47. The minimum atomic E-state index is -0.271. The van der Waals surface area contributed by atoms with Gasteiger partial charge in [0.2, 0.25) is 11.9 Å². The number of carbonyl (C=O) groups excluding carboxylic acids is 1. The molecular weight excluding hydrogens is 345 g/mol. The van der Waals surface area contributed by atoms with E-state index in [0.717, 1.165) is 24.3 Å². The molecule has 0 spiro atoms. The monoisotopic (exact) mass is 369 g/mol. The van der Waals surface area contributed by atoms with Crippen molar-refractivity contribution < 1.29 is 9.18 Å². The number of hydrogen-bond donors (Lipinski definition) is 1. The predicted octanol–water partition coefficient (Wildman–Crippen LogP) is 3.78. The van der Waals surface area contributed by atoms with E-state index in [1.165, 1.54) is 18.9 Å². The maximum absolute atomic E-state index is 13.8. The summed E-state index contributed by atoms with van der Waals surface area (Å²) >= 11 is 0. The van der Waals surface area contributed by atoms with Crippen molar-refractivity contribution in [1.82, 2.24) is 9.97 Å². The fraction of sp³-hybridized carbons (Fsp3) is 0.450. The zero-order valence-electron chi connectivity index (χ0n) is 15.7. The highest BCUT2D eigenvalue weighted by Crippen LogP contribution is 2.36. The van der Waals surface area contributed by atoms with E-state index >= 15 is 0 Å². The molecule has 1 fully saturated rings. The molecule has 6 nitrogen and oxygen atoms in total. The van der Waals surface area contributed by atoms with E-state index in [2.05, 4.69) is 15.2 Å². The summed E-state index contributed by atoms with van der Waals surface area (Å²) in [5.74, 6) is 0.990. The van der Waals surface area contributed by atoms with Gasteiger partial charge >= 0.3 is 0 Å². The molecule has 0 atom stereocenters. The van der Waals surface area contributed by atoms with Gasteiger partial charge in [-0.05, 0) is 31.9 Å². The van der Waals surface area contributed by atoms with Gasteiger partial charge in [-0.2, -0.15) is 4.98 Å². The van der Waals surface area contributed by atoms with Crippen molar-refractivity contribution in [3.8, 4) is 0 Å². The first kappa shape index (κ1) is 17.7. The third-order valence-electron chi connectivity index (χ3n) is 5.60. The largest absolute Gasteiger partial charge is 0.351 e. The third-order valence-corrected chi connectivity index (χ3v) is 5.60. The Kier molecular flexibility index (Phi) is 4.68. The van der Waals surface area contributed by atoms with Crippen molar-refractivity contribution in [2.24, 2.45) is 0 Å². The molecule has 4 rings (SSSR count). The molecule has 0 unspecified atom stereocenters. The molecule has 1 saturated carbocycles. The van der Waals surface area contributed by atoms with Crippen LogP contribution in [0.1, 0.15) is 37.7 Å². The molecule has 1 amide bonds. The van der Waals surface area contributed by atoms with Gasteiger partial charge in [-0.15, -0.1) is 0 Å². The molecule has 7 heteroatoms. The second-order valence-corrected chi connectivity index (χ2v) is 7.27. The summed E-state index contributed by atoms with van der Waals surface area (Å²) in [6, 6.07) is 5.30. The number of hydrogen-bond acceptors (Lipinski definition) is 5. The van der Waals surface area contributed by atoms with Crippen molar-refractivity contribution in [3.05, 3.63) is 35.8 Å². The normalized spacial score (nSPS) is 17.8. The first-order valence-corrected chi connectivity index (χ1v) is 9.47. The van der Waals surface area contributed by atoms with E-state index in [-0.39, 0.29) is 11.7 Å². The Morgan fingerprint density at radius 3 is 2.81 bits per heavy atom. The lowest BCUT2D eigenvalue weighted by Crippen LogP contribution is -2.34. The maximum atomic E-state index is 13.8. The van der Waals surface area contributed by atoms with Crippen molar-refractivity contribution in [3.63, 3.8) is 0 Å². The van der Waals surface area contributed by atoms with Gasteiger partial charge in [0.15, 0.2) is 5.82 Å². The number of halogens is 1. The quantitative estimate of drug-likeness (QED) is 0.892. The van der Waals surface area contributed by atoms with Gasteiger partial charge in [0.05, 0.1) is 6.20 Å². The van der Waals surface area contributed by atoms with Gasteiger partial charge in [-0.1, -0.05) is 18.9 Å². The number of amides is 1. The van der Waals surface area contributed by atoms with Crippen LogP contribution in [0.3, 0.4) is 0 Å². The van der Waals surface area contributed by atoms with Crippen LogP contribution in [-0.2, 0) is 4.79 Å². The summed E-state index contributed by atoms with van der Waals surface area (Å²) in [4.78, 5) is 25.4. The Balaban J connectivity index is 1.72. The Morgan fingerprint density at radius 1 is 1.26 bits per heavy atom. The number of anilines is 4. The molecule has 142 valence electrons. The van der Waals surface area contributed by atoms with Crippen LogP contribution in [0.25, 0.3) is 0 Å². The number of nitrogens with one attached hydrogen (secondary N) is 1. The Labute approximate surface area is 158 Å². The average molecular weight is 369 g/mol. The van der Waals surface area contributed by atoms with Crippen molar-refractivity contribution in [1.29, 1.82) is 0 Å². The summed E-state index contributed by atoms with van der Waals surface area (Å²) in [5, 5.41) is 3.13. The molecule has 1 aliphatic heterocycles. The highest BCUT2D eigenvalue weighted by Gasteiger charge is 2.31. The van der Waals surface area contributed by atoms with E-state index < -0.39 is 0 Å². The molecule has 2 heterocycles. The third kappa shape index (κ3) is 3.34. The molecule has 2 aliphatic rings. The SMILES string of the molecule is Cc1c(F)cccc1Nc1ncc2c(n1)N(C1CCCC1)CCC(=O)N2C. The van der Waals surface area contributed by atoms with Crippen LogP contribution < -0.4 is 15.1 Å². The maximum Gasteiger partial charge on any atom is 0.229 e. The highest BCUT2D eigenvalue weighted by atomic mass is 19.1. The minimum Gasteiger partial charge on any atom is -0.351 e. The average Bonchev–Trinajstić information content (AvgIpc) is 3.16. The van der Waals surface area contributed by atoms with Crippen molar-refractivity contribution in [2.75, 3.05) is 28.7 Å². The molecule has 0 bridgehead atoms. The molecule has 1 aliphatic carbocycles. The zero-order chi connectivity index (χ0) is 19.0. The highest BCUT2D eigenvalue weighted by molar-refractivity contribution is 5.97. The van der Waals surface area contributed by atoms with Crippen LogP contribution in [0.5, 0.6) is 0 Å². The topological polar surface area (TPSA) is 61.4 Å². The minimum absolute atomic E-state index is 0.0713. The molecular formula is C20H24FN5O. The summed E-state index contributed by atoms with van der Waals surface area (Å²) in [6.45, 7) is 2.38. The van der Waals surface area contributed by atoms with E-state index in [1.54, 1.807) is 37.2 Å². The Hall–Kier alpha value is -2.70. The fourth-order valence-electron chi connectivity index (χ4n) is 3.93. The van der Waals surface area contributed by atoms with Crippen LogP contribution in [0.4, 0.5) is 27.5 Å². The van der Waals surface area contributed by atoms with Crippen LogP contribution >= 0.6 is 0 Å².